The summed E-state index contributed by atoms with van der Waals surface area (Å²) in [5, 5.41) is 4.53. The van der Waals surface area contributed by atoms with Crippen LogP contribution in [0.15, 0.2) is 46.0 Å². The van der Waals surface area contributed by atoms with Crippen LogP contribution in [0.25, 0.3) is 0 Å². The average molecular weight is 472 g/mol. The van der Waals surface area contributed by atoms with E-state index in [1.54, 1.807) is 6.07 Å². The molecule has 3 aromatic rings. The maximum atomic E-state index is 12.3. The van der Waals surface area contributed by atoms with Gasteiger partial charge in [-0.05, 0) is 61.3 Å². The smallest absolute Gasteiger partial charge is 0.253 e. The second-order valence-corrected chi connectivity index (χ2v) is 9.26. The van der Waals surface area contributed by atoms with Gasteiger partial charge in [-0.3, -0.25) is 9.59 Å². The summed E-state index contributed by atoms with van der Waals surface area (Å²) in [7, 11) is 2.08. The standard InChI is InChI=1S/C25H27Cl2N3O2/c1-4-9-30(5-2)23-22(24(31)25(23)32)28-17-8-6-7-15(10-17)19-13-29(3)14-20-18(19)11-16(26)12-21(20)27/h6-8,10-12,19,28H,4-5,9,13-14H2,1-3H3/t19-/m0/s1. The molecule has 1 aliphatic rings. The molecule has 3 aromatic carbocycles. The lowest BCUT2D eigenvalue weighted by Crippen LogP contribution is -2.42. The van der Waals surface area contributed by atoms with Gasteiger partial charge in [-0.15, -0.1) is 0 Å². The molecule has 0 bridgehead atoms. The molecule has 0 aromatic heterocycles. The van der Waals surface area contributed by atoms with Crippen LogP contribution in [-0.4, -0.2) is 31.6 Å². The van der Waals surface area contributed by atoms with Gasteiger partial charge in [0.25, 0.3) is 10.9 Å². The summed E-state index contributed by atoms with van der Waals surface area (Å²) in [6.07, 6.45) is 0.904. The van der Waals surface area contributed by atoms with Crippen LogP contribution in [0.2, 0.25) is 10.0 Å². The zero-order valence-electron chi connectivity index (χ0n) is 18.5. The fraction of sp³-hybridized carbons (Fsp3) is 0.360. The first-order valence-electron chi connectivity index (χ1n) is 11.0. The lowest BCUT2D eigenvalue weighted by atomic mass is 9.84. The number of nitrogens with zero attached hydrogens (tertiary/aromatic N) is 2. The Hall–Kier alpha value is -2.34. The second-order valence-electron chi connectivity index (χ2n) is 8.42. The van der Waals surface area contributed by atoms with Gasteiger partial charge in [0, 0.05) is 47.8 Å². The summed E-state index contributed by atoms with van der Waals surface area (Å²) >= 11 is 12.8. The van der Waals surface area contributed by atoms with Gasteiger partial charge in [0.15, 0.2) is 0 Å². The van der Waals surface area contributed by atoms with Crippen LogP contribution in [0.4, 0.5) is 17.1 Å². The van der Waals surface area contributed by atoms with E-state index in [2.05, 4.69) is 30.3 Å². The molecule has 0 unspecified atom stereocenters. The fourth-order valence-electron chi connectivity index (χ4n) is 4.60. The number of hydrogen-bond donors (Lipinski definition) is 1. The minimum absolute atomic E-state index is 0.0982. The van der Waals surface area contributed by atoms with Crippen LogP contribution in [0.5, 0.6) is 0 Å². The quantitative estimate of drug-likeness (QED) is 0.483. The highest BCUT2D eigenvalue weighted by molar-refractivity contribution is 6.35. The van der Waals surface area contributed by atoms with Gasteiger partial charge in [-0.25, -0.2) is 0 Å². The van der Waals surface area contributed by atoms with E-state index in [1.807, 2.05) is 36.1 Å². The van der Waals surface area contributed by atoms with Crippen molar-refractivity contribution in [3.63, 3.8) is 0 Å². The van der Waals surface area contributed by atoms with Crippen molar-refractivity contribution in [2.75, 3.05) is 36.9 Å². The summed E-state index contributed by atoms with van der Waals surface area (Å²) in [6.45, 7) is 7.07. The van der Waals surface area contributed by atoms with Gasteiger partial charge >= 0.3 is 0 Å². The second kappa shape index (κ2) is 9.26. The minimum atomic E-state index is -0.457. The highest BCUT2D eigenvalue weighted by Crippen LogP contribution is 2.39. The molecule has 0 aliphatic carbocycles. The predicted molar refractivity (Wildman–Crippen MR) is 134 cm³/mol. The van der Waals surface area contributed by atoms with E-state index in [4.69, 9.17) is 23.2 Å². The molecule has 0 spiro atoms. The van der Waals surface area contributed by atoms with E-state index in [9.17, 15) is 9.59 Å². The molecule has 0 amide bonds. The summed E-state index contributed by atoms with van der Waals surface area (Å²) in [4.78, 5) is 28.8. The van der Waals surface area contributed by atoms with Gasteiger partial charge in [-0.1, -0.05) is 42.3 Å². The Balaban J connectivity index is 1.68. The Morgan fingerprint density at radius 2 is 1.91 bits per heavy atom. The van der Waals surface area contributed by atoms with Gasteiger partial charge < -0.3 is 15.1 Å². The summed E-state index contributed by atoms with van der Waals surface area (Å²) in [5.74, 6) is 0.0982. The van der Waals surface area contributed by atoms with E-state index in [-0.39, 0.29) is 5.92 Å². The van der Waals surface area contributed by atoms with E-state index in [1.165, 1.54) is 0 Å². The molecule has 0 radical (unpaired) electrons. The van der Waals surface area contributed by atoms with Crippen molar-refractivity contribution in [2.24, 2.45) is 0 Å². The lowest BCUT2D eigenvalue weighted by molar-refractivity contribution is 0.295. The number of anilines is 3. The topological polar surface area (TPSA) is 52.6 Å². The molecule has 32 heavy (non-hydrogen) atoms. The van der Waals surface area contributed by atoms with Crippen molar-refractivity contribution in [3.05, 3.63) is 83.6 Å². The van der Waals surface area contributed by atoms with E-state index >= 15 is 0 Å². The number of hydrogen-bond acceptors (Lipinski definition) is 5. The van der Waals surface area contributed by atoms with Crippen molar-refractivity contribution in [1.29, 1.82) is 0 Å². The zero-order chi connectivity index (χ0) is 23.0. The third-order valence-electron chi connectivity index (χ3n) is 6.13. The Labute approximate surface area is 198 Å². The third kappa shape index (κ3) is 4.17. The van der Waals surface area contributed by atoms with Gasteiger partial charge in [-0.2, -0.15) is 0 Å². The molecule has 0 saturated carbocycles. The van der Waals surface area contributed by atoms with Crippen LogP contribution in [0, 0.1) is 0 Å². The molecule has 168 valence electrons. The fourth-order valence-corrected chi connectivity index (χ4v) is 5.17. The minimum Gasteiger partial charge on any atom is -0.367 e. The van der Waals surface area contributed by atoms with E-state index in [0.29, 0.717) is 28.0 Å². The van der Waals surface area contributed by atoms with Gasteiger partial charge in [0.05, 0.1) is 0 Å². The Morgan fingerprint density at radius 1 is 1.12 bits per heavy atom. The molecule has 1 aliphatic heterocycles. The number of fused-ring (bicyclic) bond motifs is 1. The van der Waals surface area contributed by atoms with Crippen molar-refractivity contribution < 1.29 is 0 Å². The zero-order valence-corrected chi connectivity index (χ0v) is 20.1. The maximum Gasteiger partial charge on any atom is 0.253 e. The van der Waals surface area contributed by atoms with Crippen LogP contribution < -0.4 is 21.1 Å². The molecule has 7 heteroatoms. The molecule has 1 heterocycles. The molecule has 5 nitrogen and oxygen atoms in total. The predicted octanol–water partition coefficient (Wildman–Crippen LogP) is 5.15. The monoisotopic (exact) mass is 471 g/mol. The van der Waals surface area contributed by atoms with Gasteiger partial charge in [0.2, 0.25) is 0 Å². The molecule has 0 fully saturated rings. The molecule has 0 saturated heterocycles. The lowest BCUT2D eigenvalue weighted by Gasteiger charge is -2.33. The van der Waals surface area contributed by atoms with E-state index in [0.717, 1.165) is 48.4 Å². The SMILES string of the molecule is CCCN(CC)c1c(Nc2cccc([C@@H]3CN(C)Cc4c(Cl)cc(Cl)cc43)c2)c(=O)c1=O. The first-order valence-corrected chi connectivity index (χ1v) is 11.7. The first-order chi connectivity index (χ1) is 15.3. The van der Waals surface area contributed by atoms with E-state index < -0.39 is 10.9 Å². The number of rotatable bonds is 7. The average Bonchev–Trinajstić information content (AvgIpc) is 2.78. The first kappa shape index (κ1) is 22.8. The maximum absolute atomic E-state index is 12.3. The molecule has 1 N–H and O–H groups in total. The Morgan fingerprint density at radius 3 is 2.62 bits per heavy atom. The van der Waals surface area contributed by atoms with Gasteiger partial charge in [0.1, 0.15) is 11.4 Å². The Kier molecular flexibility index (Phi) is 6.61. The van der Waals surface area contributed by atoms with Crippen molar-refractivity contribution in [2.45, 2.75) is 32.7 Å². The molecular weight excluding hydrogens is 445 g/mol. The summed E-state index contributed by atoms with van der Waals surface area (Å²) in [5.41, 5.74) is 4.12. The summed E-state index contributed by atoms with van der Waals surface area (Å²) in [6, 6.07) is 11.8. The molecular formula is C25H27Cl2N3O2. The normalized spacial score (nSPS) is 16.2. The number of likely N-dealkylation sites (N-methyl/N-ethyl adjacent to an activating group) is 1. The highest BCUT2D eigenvalue weighted by Gasteiger charge is 2.28. The summed E-state index contributed by atoms with van der Waals surface area (Å²) < 4.78 is 0. The highest BCUT2D eigenvalue weighted by atomic mass is 35.5. The largest absolute Gasteiger partial charge is 0.367 e. The van der Waals surface area contributed by atoms with Crippen molar-refractivity contribution >= 4 is 40.3 Å². The van der Waals surface area contributed by atoms with Crippen LogP contribution in [-0.2, 0) is 6.54 Å². The van der Waals surface area contributed by atoms with Crippen molar-refractivity contribution in [1.82, 2.24) is 4.90 Å². The van der Waals surface area contributed by atoms with Crippen LogP contribution in [0.1, 0.15) is 42.9 Å². The van der Waals surface area contributed by atoms with Crippen LogP contribution in [0.3, 0.4) is 0 Å². The number of halogens is 2. The third-order valence-corrected chi connectivity index (χ3v) is 6.68. The number of nitrogens with one attached hydrogen (secondary N) is 1. The Bertz CT molecular complexity index is 1220. The van der Waals surface area contributed by atoms with Crippen molar-refractivity contribution in [3.8, 4) is 0 Å². The molecule has 4 rings (SSSR count). The number of benzene rings is 2. The van der Waals surface area contributed by atoms with Crippen LogP contribution >= 0.6 is 23.2 Å². The molecule has 1 atom stereocenters.